The topological polar surface area (TPSA) is 61.6 Å². The number of nitrogen functional groups attached to an aromatic ring is 1. The summed E-state index contributed by atoms with van der Waals surface area (Å²) in [5.41, 5.74) is 5.57. The number of hydrogen-bond donors (Lipinski definition) is 1. The second-order valence-electron chi connectivity index (χ2n) is 3.24. The molecule has 0 saturated heterocycles. The van der Waals surface area contributed by atoms with Gasteiger partial charge in [0, 0.05) is 10.7 Å². The van der Waals surface area contributed by atoms with E-state index in [0.717, 1.165) is 0 Å². The van der Waals surface area contributed by atoms with Gasteiger partial charge in [0.2, 0.25) is 0 Å². The number of ether oxygens (including phenoxy) is 2. The molecule has 1 aromatic rings. The van der Waals surface area contributed by atoms with Crippen LogP contribution in [0.5, 0.6) is 0 Å². The minimum Gasteiger partial charge on any atom is -0.435 e. The number of carbonyl (C=O) groups excluding carboxylic acids is 1. The Morgan fingerprint density at radius 1 is 1.39 bits per heavy atom. The molecule has 0 aliphatic carbocycles. The second-order valence-corrected chi connectivity index (χ2v) is 3.68. The van der Waals surface area contributed by atoms with Crippen LogP contribution in [-0.4, -0.2) is 25.5 Å². The molecule has 0 atom stereocenters. The minimum absolute atomic E-state index is 0.0295. The normalized spacial score (nSPS) is 11.3. The quantitative estimate of drug-likeness (QED) is 0.399. The predicted octanol–water partition coefficient (Wildman–Crippen LogP) is 2.62. The maximum atomic E-state index is 11.7. The summed E-state index contributed by atoms with van der Waals surface area (Å²) < 4.78 is 43.7. The van der Waals surface area contributed by atoms with Gasteiger partial charge in [-0.1, -0.05) is 11.6 Å². The first-order valence-electron chi connectivity index (χ1n) is 4.66. The summed E-state index contributed by atoms with van der Waals surface area (Å²) in [5.74, 6) is -0.905. The molecule has 2 N–H and O–H groups in total. The van der Waals surface area contributed by atoms with Crippen LogP contribution in [0.4, 0.5) is 18.9 Å². The Morgan fingerprint density at radius 2 is 2.06 bits per heavy atom. The van der Waals surface area contributed by atoms with Gasteiger partial charge in [-0.3, -0.25) is 0 Å². The fraction of sp³-hybridized carbons (Fsp3) is 0.300. The van der Waals surface area contributed by atoms with Gasteiger partial charge in [-0.15, -0.1) is 0 Å². The maximum absolute atomic E-state index is 11.7. The van der Waals surface area contributed by atoms with Crippen LogP contribution < -0.4 is 5.73 Å². The van der Waals surface area contributed by atoms with Crippen molar-refractivity contribution in [3.05, 3.63) is 28.8 Å². The molecular weight excluding hydrogens is 275 g/mol. The Labute approximate surface area is 105 Å². The average Bonchev–Trinajstić information content (AvgIpc) is 2.26. The number of rotatable bonds is 4. The molecule has 0 aliphatic heterocycles. The lowest BCUT2D eigenvalue weighted by atomic mass is 10.2. The first-order chi connectivity index (χ1) is 8.29. The van der Waals surface area contributed by atoms with Crippen molar-refractivity contribution in [2.24, 2.45) is 0 Å². The van der Waals surface area contributed by atoms with Crippen molar-refractivity contribution >= 4 is 23.3 Å². The van der Waals surface area contributed by atoms with Crippen molar-refractivity contribution < 1.29 is 27.4 Å². The Morgan fingerprint density at radius 3 is 2.67 bits per heavy atom. The van der Waals surface area contributed by atoms with Gasteiger partial charge in [0.1, 0.15) is 6.61 Å². The van der Waals surface area contributed by atoms with E-state index in [-0.39, 0.29) is 16.3 Å². The van der Waals surface area contributed by atoms with Crippen molar-refractivity contribution in [3.63, 3.8) is 0 Å². The molecule has 8 heteroatoms. The number of benzene rings is 1. The number of halogens is 4. The SMILES string of the molecule is Nc1ccc(Cl)cc1C(=O)OCOCC(F)(F)F. The summed E-state index contributed by atoms with van der Waals surface area (Å²) in [5, 5.41) is 0.257. The number of carbonyl (C=O) groups is 1. The van der Waals surface area contributed by atoms with E-state index in [2.05, 4.69) is 9.47 Å². The molecule has 0 radical (unpaired) electrons. The van der Waals surface area contributed by atoms with Gasteiger partial charge in [0.05, 0.1) is 5.56 Å². The lowest BCUT2D eigenvalue weighted by Crippen LogP contribution is -2.19. The summed E-state index contributed by atoms with van der Waals surface area (Å²) in [7, 11) is 0. The molecule has 0 saturated carbocycles. The highest BCUT2D eigenvalue weighted by molar-refractivity contribution is 6.31. The van der Waals surface area contributed by atoms with E-state index in [1.807, 2.05) is 0 Å². The van der Waals surface area contributed by atoms with Crippen molar-refractivity contribution in [1.29, 1.82) is 0 Å². The van der Waals surface area contributed by atoms with Gasteiger partial charge in [-0.25, -0.2) is 4.79 Å². The van der Waals surface area contributed by atoms with E-state index in [0.29, 0.717) is 0 Å². The molecule has 0 aromatic heterocycles. The molecular formula is C10H9ClF3NO3. The maximum Gasteiger partial charge on any atom is 0.411 e. The van der Waals surface area contributed by atoms with Crippen molar-refractivity contribution in [1.82, 2.24) is 0 Å². The van der Waals surface area contributed by atoms with Gasteiger partial charge >= 0.3 is 12.1 Å². The van der Waals surface area contributed by atoms with Crippen LogP contribution in [-0.2, 0) is 9.47 Å². The highest BCUT2D eigenvalue weighted by atomic mass is 35.5. The van der Waals surface area contributed by atoms with Crippen molar-refractivity contribution in [3.8, 4) is 0 Å². The molecule has 1 aromatic carbocycles. The van der Waals surface area contributed by atoms with Crippen LogP contribution in [0.25, 0.3) is 0 Å². The van der Waals surface area contributed by atoms with Gasteiger partial charge in [0.25, 0.3) is 0 Å². The highest BCUT2D eigenvalue weighted by Crippen LogP contribution is 2.19. The van der Waals surface area contributed by atoms with Crippen molar-refractivity contribution in [2.75, 3.05) is 19.1 Å². The van der Waals surface area contributed by atoms with E-state index in [1.54, 1.807) is 0 Å². The van der Waals surface area contributed by atoms with E-state index in [1.165, 1.54) is 18.2 Å². The third kappa shape index (κ3) is 4.80. The van der Waals surface area contributed by atoms with Gasteiger partial charge < -0.3 is 15.2 Å². The highest BCUT2D eigenvalue weighted by Gasteiger charge is 2.27. The molecule has 0 amide bonds. The predicted molar refractivity (Wildman–Crippen MR) is 58.2 cm³/mol. The molecule has 4 nitrogen and oxygen atoms in total. The molecule has 0 bridgehead atoms. The summed E-state index contributed by atoms with van der Waals surface area (Å²) in [6.45, 7) is -2.31. The number of hydrogen-bond acceptors (Lipinski definition) is 4. The molecule has 100 valence electrons. The number of alkyl halides is 3. The van der Waals surface area contributed by atoms with Crippen LogP contribution in [0, 0.1) is 0 Å². The Balaban J connectivity index is 2.48. The zero-order valence-corrected chi connectivity index (χ0v) is 9.72. The van der Waals surface area contributed by atoms with Crippen LogP contribution >= 0.6 is 11.6 Å². The second kappa shape index (κ2) is 5.92. The molecule has 18 heavy (non-hydrogen) atoms. The van der Waals surface area contributed by atoms with Gasteiger partial charge in [-0.05, 0) is 18.2 Å². The number of esters is 1. The average molecular weight is 284 g/mol. The summed E-state index contributed by atoms with van der Waals surface area (Å²) in [6.07, 6.45) is -4.47. The zero-order chi connectivity index (χ0) is 13.8. The molecule has 0 unspecified atom stereocenters. The smallest absolute Gasteiger partial charge is 0.411 e. The zero-order valence-electron chi connectivity index (χ0n) is 8.96. The van der Waals surface area contributed by atoms with Crippen LogP contribution in [0.2, 0.25) is 5.02 Å². The molecule has 1 rings (SSSR count). The Kier molecular flexibility index (Phi) is 4.80. The fourth-order valence-corrected chi connectivity index (χ4v) is 1.21. The monoisotopic (exact) mass is 283 g/mol. The van der Waals surface area contributed by atoms with E-state index < -0.39 is 25.5 Å². The molecule has 0 heterocycles. The Bertz CT molecular complexity index is 437. The molecule has 0 fully saturated rings. The summed E-state index contributed by atoms with van der Waals surface area (Å²) in [4.78, 5) is 11.4. The van der Waals surface area contributed by atoms with Crippen LogP contribution in [0.3, 0.4) is 0 Å². The summed E-state index contributed by atoms with van der Waals surface area (Å²) in [6, 6.07) is 4.10. The van der Waals surface area contributed by atoms with E-state index in [9.17, 15) is 18.0 Å². The first kappa shape index (κ1) is 14.6. The lowest BCUT2D eigenvalue weighted by molar-refractivity contribution is -0.190. The number of nitrogens with two attached hydrogens (primary N) is 1. The van der Waals surface area contributed by atoms with Crippen LogP contribution in [0.15, 0.2) is 18.2 Å². The van der Waals surface area contributed by atoms with E-state index >= 15 is 0 Å². The van der Waals surface area contributed by atoms with Crippen LogP contribution in [0.1, 0.15) is 10.4 Å². The fourth-order valence-electron chi connectivity index (χ4n) is 1.04. The van der Waals surface area contributed by atoms with Crippen molar-refractivity contribution in [2.45, 2.75) is 6.18 Å². The summed E-state index contributed by atoms with van der Waals surface area (Å²) >= 11 is 5.64. The molecule has 0 aliphatic rings. The van der Waals surface area contributed by atoms with Gasteiger partial charge in [0.15, 0.2) is 6.79 Å². The molecule has 0 spiro atoms. The standard InChI is InChI=1S/C10H9ClF3NO3/c11-6-1-2-8(15)7(3-6)9(16)18-5-17-4-10(12,13)14/h1-3H,4-5,15H2. The first-order valence-corrected chi connectivity index (χ1v) is 5.04. The van der Waals surface area contributed by atoms with Gasteiger partial charge in [-0.2, -0.15) is 13.2 Å². The third-order valence-electron chi connectivity index (χ3n) is 1.77. The van der Waals surface area contributed by atoms with E-state index in [4.69, 9.17) is 17.3 Å². The minimum atomic E-state index is -4.47. The lowest BCUT2D eigenvalue weighted by Gasteiger charge is -2.09. The number of anilines is 1. The third-order valence-corrected chi connectivity index (χ3v) is 2.01. The largest absolute Gasteiger partial charge is 0.435 e. The Hall–Kier alpha value is -1.47.